The van der Waals surface area contributed by atoms with Gasteiger partial charge >= 0.3 is 0 Å². The van der Waals surface area contributed by atoms with Gasteiger partial charge in [0.2, 0.25) is 0 Å². The standard InChI is InChI=1S/C26H23F2N3O2/c1-15-5-11-20(16(2)13-15)23-24(29-17-6-12-21(27)22(28)14-17)26(33)31(25(23)32)19-9-7-18(8-10-19)30(3)4/h5-14,29H,1-4H3. The van der Waals surface area contributed by atoms with Crippen LogP contribution in [0.25, 0.3) is 5.57 Å². The molecule has 2 amide bonds. The molecule has 0 bridgehead atoms. The molecule has 5 nitrogen and oxygen atoms in total. The average Bonchev–Trinajstić information content (AvgIpc) is 3.00. The Morgan fingerprint density at radius 2 is 1.52 bits per heavy atom. The predicted octanol–water partition coefficient (Wildman–Crippen LogP) is 5.04. The third-order valence-electron chi connectivity index (χ3n) is 5.55. The number of carbonyl (C=O) groups is 2. The van der Waals surface area contributed by atoms with Crippen molar-refractivity contribution in [2.24, 2.45) is 0 Å². The van der Waals surface area contributed by atoms with Crippen LogP contribution in [0.15, 0.2) is 66.4 Å². The summed E-state index contributed by atoms with van der Waals surface area (Å²) in [5.74, 6) is -3.12. The summed E-state index contributed by atoms with van der Waals surface area (Å²) < 4.78 is 27.2. The summed E-state index contributed by atoms with van der Waals surface area (Å²) in [6, 6.07) is 15.8. The first-order valence-corrected chi connectivity index (χ1v) is 10.4. The largest absolute Gasteiger partial charge is 0.378 e. The first-order valence-electron chi connectivity index (χ1n) is 10.4. The predicted molar refractivity (Wildman–Crippen MR) is 126 cm³/mol. The van der Waals surface area contributed by atoms with Crippen molar-refractivity contribution in [2.45, 2.75) is 13.8 Å². The van der Waals surface area contributed by atoms with Gasteiger partial charge in [0.25, 0.3) is 11.8 Å². The fourth-order valence-electron chi connectivity index (χ4n) is 3.84. The van der Waals surface area contributed by atoms with E-state index in [1.807, 2.05) is 57.1 Å². The molecule has 3 aromatic carbocycles. The highest BCUT2D eigenvalue weighted by Gasteiger charge is 2.40. The molecule has 0 unspecified atom stereocenters. The maximum absolute atomic E-state index is 13.8. The Labute approximate surface area is 190 Å². The Morgan fingerprint density at radius 3 is 2.12 bits per heavy atom. The number of amides is 2. The third kappa shape index (κ3) is 4.09. The van der Waals surface area contributed by atoms with Crippen LogP contribution in [0.2, 0.25) is 0 Å². The van der Waals surface area contributed by atoms with Crippen molar-refractivity contribution in [1.29, 1.82) is 0 Å². The van der Waals surface area contributed by atoms with Crippen molar-refractivity contribution in [1.82, 2.24) is 0 Å². The molecule has 1 N–H and O–H groups in total. The molecule has 0 atom stereocenters. The number of hydrogen-bond donors (Lipinski definition) is 1. The molecule has 0 spiro atoms. The molecule has 1 heterocycles. The summed E-state index contributed by atoms with van der Waals surface area (Å²) >= 11 is 0. The van der Waals surface area contributed by atoms with Crippen LogP contribution in [0.5, 0.6) is 0 Å². The van der Waals surface area contributed by atoms with E-state index in [1.165, 1.54) is 6.07 Å². The van der Waals surface area contributed by atoms with Crippen molar-refractivity contribution in [3.05, 3.63) is 94.7 Å². The number of benzene rings is 3. The van der Waals surface area contributed by atoms with Crippen LogP contribution < -0.4 is 15.1 Å². The van der Waals surface area contributed by atoms with Crippen LogP contribution in [0.3, 0.4) is 0 Å². The number of anilines is 3. The second-order valence-corrected chi connectivity index (χ2v) is 8.18. The number of hydrogen-bond acceptors (Lipinski definition) is 4. The van der Waals surface area contributed by atoms with E-state index < -0.39 is 23.4 Å². The zero-order chi connectivity index (χ0) is 23.9. The van der Waals surface area contributed by atoms with Crippen molar-refractivity contribution in [2.75, 3.05) is 29.2 Å². The van der Waals surface area contributed by atoms with E-state index in [9.17, 15) is 18.4 Å². The summed E-state index contributed by atoms with van der Waals surface area (Å²) in [5.41, 5.74) is 4.11. The number of imide groups is 1. The Morgan fingerprint density at radius 1 is 0.818 bits per heavy atom. The number of halogens is 2. The second-order valence-electron chi connectivity index (χ2n) is 8.18. The molecular formula is C26H23F2N3O2. The van der Waals surface area contributed by atoms with Gasteiger partial charge in [0.05, 0.1) is 11.3 Å². The van der Waals surface area contributed by atoms with Gasteiger partial charge in [-0.25, -0.2) is 13.7 Å². The van der Waals surface area contributed by atoms with E-state index in [-0.39, 0.29) is 17.0 Å². The van der Waals surface area contributed by atoms with Crippen LogP contribution in [0.4, 0.5) is 25.8 Å². The molecule has 33 heavy (non-hydrogen) atoms. The fourth-order valence-corrected chi connectivity index (χ4v) is 3.84. The normalized spacial score (nSPS) is 13.7. The lowest BCUT2D eigenvalue weighted by atomic mass is 9.97. The van der Waals surface area contributed by atoms with E-state index in [0.29, 0.717) is 11.3 Å². The van der Waals surface area contributed by atoms with Gasteiger partial charge in [-0.15, -0.1) is 0 Å². The SMILES string of the molecule is Cc1ccc(C2=C(Nc3ccc(F)c(F)c3)C(=O)N(c3ccc(N(C)C)cc3)C2=O)c(C)c1. The highest BCUT2D eigenvalue weighted by molar-refractivity contribution is 6.46. The van der Waals surface area contributed by atoms with Gasteiger partial charge in [-0.05, 0) is 61.4 Å². The van der Waals surface area contributed by atoms with E-state index >= 15 is 0 Å². The lowest BCUT2D eigenvalue weighted by molar-refractivity contribution is -0.120. The third-order valence-corrected chi connectivity index (χ3v) is 5.55. The van der Waals surface area contributed by atoms with Gasteiger partial charge in [-0.1, -0.05) is 23.8 Å². The molecule has 0 aliphatic carbocycles. The van der Waals surface area contributed by atoms with Crippen LogP contribution in [0, 0.1) is 25.5 Å². The van der Waals surface area contributed by atoms with Crippen LogP contribution in [0.1, 0.15) is 16.7 Å². The monoisotopic (exact) mass is 447 g/mol. The molecule has 0 aromatic heterocycles. The van der Waals surface area contributed by atoms with Gasteiger partial charge in [0, 0.05) is 31.5 Å². The number of nitrogens with one attached hydrogen (secondary N) is 1. The Kier molecular flexibility index (Phi) is 5.72. The molecule has 0 saturated heterocycles. The fraction of sp³-hybridized carbons (Fsp3) is 0.154. The van der Waals surface area contributed by atoms with Gasteiger partial charge in [0.1, 0.15) is 5.70 Å². The van der Waals surface area contributed by atoms with Crippen molar-refractivity contribution in [3.8, 4) is 0 Å². The van der Waals surface area contributed by atoms with Gasteiger partial charge in [-0.3, -0.25) is 9.59 Å². The zero-order valence-corrected chi connectivity index (χ0v) is 18.7. The van der Waals surface area contributed by atoms with Crippen LogP contribution in [-0.4, -0.2) is 25.9 Å². The van der Waals surface area contributed by atoms with Crippen molar-refractivity contribution < 1.29 is 18.4 Å². The maximum atomic E-state index is 13.8. The highest BCUT2D eigenvalue weighted by atomic mass is 19.2. The average molecular weight is 447 g/mol. The number of carbonyl (C=O) groups excluding carboxylic acids is 2. The van der Waals surface area contributed by atoms with Crippen LogP contribution in [-0.2, 0) is 9.59 Å². The Hall–Kier alpha value is -4.00. The van der Waals surface area contributed by atoms with E-state index in [4.69, 9.17) is 0 Å². The lowest BCUT2D eigenvalue weighted by Gasteiger charge is -2.18. The maximum Gasteiger partial charge on any atom is 0.282 e. The molecule has 0 saturated carbocycles. The quantitative estimate of drug-likeness (QED) is 0.557. The Balaban J connectivity index is 1.82. The molecule has 3 aromatic rings. The number of rotatable bonds is 5. The van der Waals surface area contributed by atoms with E-state index in [2.05, 4.69) is 5.32 Å². The summed E-state index contributed by atoms with van der Waals surface area (Å²) in [5, 5.41) is 2.86. The lowest BCUT2D eigenvalue weighted by Crippen LogP contribution is -2.32. The number of nitrogens with zero attached hydrogens (tertiary/aromatic N) is 2. The minimum atomic E-state index is -1.05. The molecular weight excluding hydrogens is 424 g/mol. The molecule has 4 rings (SSSR count). The molecule has 1 aliphatic rings. The van der Waals surface area contributed by atoms with Crippen LogP contribution >= 0.6 is 0 Å². The molecule has 0 fully saturated rings. The Bertz CT molecular complexity index is 1300. The molecule has 7 heteroatoms. The zero-order valence-electron chi connectivity index (χ0n) is 18.7. The van der Waals surface area contributed by atoms with E-state index in [0.717, 1.165) is 33.8 Å². The highest BCUT2D eigenvalue weighted by Crippen LogP contribution is 2.36. The van der Waals surface area contributed by atoms with Crippen molar-refractivity contribution >= 4 is 34.4 Å². The summed E-state index contributed by atoms with van der Waals surface area (Å²) in [6.45, 7) is 3.79. The topological polar surface area (TPSA) is 52.7 Å². The molecule has 1 aliphatic heterocycles. The summed E-state index contributed by atoms with van der Waals surface area (Å²) in [7, 11) is 3.79. The first-order chi connectivity index (χ1) is 15.7. The molecule has 168 valence electrons. The summed E-state index contributed by atoms with van der Waals surface area (Å²) in [4.78, 5) is 30.0. The van der Waals surface area contributed by atoms with Gasteiger partial charge < -0.3 is 10.2 Å². The minimum absolute atomic E-state index is 0.00893. The number of aryl methyl sites for hydroxylation is 2. The molecule has 0 radical (unpaired) electrons. The van der Waals surface area contributed by atoms with Crippen molar-refractivity contribution in [3.63, 3.8) is 0 Å². The van der Waals surface area contributed by atoms with Gasteiger partial charge in [0.15, 0.2) is 11.6 Å². The van der Waals surface area contributed by atoms with Gasteiger partial charge in [-0.2, -0.15) is 0 Å². The second kappa shape index (κ2) is 8.50. The van der Waals surface area contributed by atoms with E-state index in [1.54, 1.807) is 18.2 Å². The summed E-state index contributed by atoms with van der Waals surface area (Å²) in [6.07, 6.45) is 0. The smallest absolute Gasteiger partial charge is 0.282 e. The minimum Gasteiger partial charge on any atom is -0.378 e. The first kappa shape index (κ1) is 22.2.